The molecular weight excluding hydrogens is 374 g/mol. The van der Waals surface area contributed by atoms with Crippen LogP contribution in [0.5, 0.6) is 0 Å². The summed E-state index contributed by atoms with van der Waals surface area (Å²) >= 11 is -1.22. The van der Waals surface area contributed by atoms with E-state index in [-0.39, 0.29) is 22.3 Å². The Bertz CT molecular complexity index is 701. The number of hydrogen-bond donors (Lipinski definition) is 1. The third kappa shape index (κ3) is 4.63. The molecule has 0 aromatic carbocycles. The number of carbonyl (C=O) groups is 1. The van der Waals surface area contributed by atoms with Crippen molar-refractivity contribution in [3.8, 4) is 0 Å². The van der Waals surface area contributed by atoms with Crippen molar-refractivity contribution in [3.05, 3.63) is 29.6 Å². The Kier molecular flexibility index (Phi) is 5.73. The molecule has 2 aliphatic rings. The molecule has 1 aliphatic carbocycles. The van der Waals surface area contributed by atoms with Gasteiger partial charge in [-0.2, -0.15) is 0 Å². The number of fused-ring (bicyclic) bond motifs is 1. The molecule has 1 aliphatic heterocycles. The molecule has 1 saturated heterocycles. The first-order chi connectivity index (χ1) is 12.9. The van der Waals surface area contributed by atoms with Crippen LogP contribution in [-0.2, 0) is 28.9 Å². The van der Waals surface area contributed by atoms with Crippen molar-refractivity contribution in [3.63, 3.8) is 0 Å². The molecule has 1 aromatic rings. The molecule has 28 heavy (non-hydrogen) atoms. The Morgan fingerprint density at radius 1 is 1.32 bits per heavy atom. The standard InChI is InChI=1S/C21H33N3O3S/c1-19(2,3)27-18(25)24-11-9-21(12-15-8-7-10-22-16(15)13-21)17(14-24)23-28(26)20(4,5)6/h7-8,10,17,23H,9,11-14H2,1-6H3/t17?,21?,28-/m1/s1. The van der Waals surface area contributed by atoms with Crippen LogP contribution in [0.3, 0.4) is 0 Å². The van der Waals surface area contributed by atoms with Gasteiger partial charge in [-0.1, -0.05) is 6.07 Å². The smallest absolute Gasteiger partial charge is 0.410 e. The number of nitrogens with zero attached hydrogens (tertiary/aromatic N) is 2. The van der Waals surface area contributed by atoms with Crippen molar-refractivity contribution < 1.29 is 14.1 Å². The van der Waals surface area contributed by atoms with Crippen molar-refractivity contribution in [1.29, 1.82) is 0 Å². The van der Waals surface area contributed by atoms with Crippen LogP contribution >= 0.6 is 0 Å². The quantitative estimate of drug-likeness (QED) is 0.762. The zero-order chi connectivity index (χ0) is 20.7. The van der Waals surface area contributed by atoms with Gasteiger partial charge in [0.1, 0.15) is 10.3 Å². The van der Waals surface area contributed by atoms with Gasteiger partial charge in [0.2, 0.25) is 0 Å². The van der Waals surface area contributed by atoms with E-state index in [0.29, 0.717) is 13.1 Å². The molecule has 0 bridgehead atoms. The van der Waals surface area contributed by atoms with Crippen molar-refractivity contribution in [2.45, 2.75) is 77.2 Å². The monoisotopic (exact) mass is 407 g/mol. The van der Waals surface area contributed by atoms with Crippen LogP contribution in [0.1, 0.15) is 59.2 Å². The molecule has 156 valence electrons. The molecule has 3 atom stereocenters. The van der Waals surface area contributed by atoms with Gasteiger partial charge in [-0.05, 0) is 72.4 Å². The third-order valence-corrected chi connectivity index (χ3v) is 7.14. The number of likely N-dealkylation sites (tertiary alicyclic amines) is 1. The first-order valence-corrected chi connectivity index (χ1v) is 11.1. The van der Waals surface area contributed by atoms with E-state index in [9.17, 15) is 9.35 Å². The van der Waals surface area contributed by atoms with E-state index in [1.54, 1.807) is 4.90 Å². The van der Waals surface area contributed by atoms with E-state index in [4.69, 9.17) is 4.74 Å². The summed E-state index contributed by atoms with van der Waals surface area (Å²) < 4.78 is 21.5. The minimum absolute atomic E-state index is 0.0733. The number of nitrogens with one attached hydrogen (secondary N) is 1. The molecule has 7 heteroatoms. The first kappa shape index (κ1) is 21.4. The highest BCUT2D eigenvalue weighted by molar-refractivity contribution is 7.90. The number of carbonyl (C=O) groups excluding carboxylic acids is 1. The number of hydrogen-bond acceptors (Lipinski definition) is 5. The average molecular weight is 408 g/mol. The van der Waals surface area contributed by atoms with Gasteiger partial charge in [-0.15, -0.1) is 4.72 Å². The van der Waals surface area contributed by atoms with Gasteiger partial charge < -0.3 is 14.2 Å². The van der Waals surface area contributed by atoms with Crippen LogP contribution in [0.4, 0.5) is 4.79 Å². The van der Waals surface area contributed by atoms with Crippen molar-refractivity contribution in [1.82, 2.24) is 14.6 Å². The number of pyridine rings is 1. The minimum atomic E-state index is -1.22. The zero-order valence-electron chi connectivity index (χ0n) is 17.9. The molecule has 1 fully saturated rings. The fraction of sp³-hybridized carbons (Fsp3) is 0.714. The lowest BCUT2D eigenvalue weighted by Gasteiger charge is -2.46. The second-order valence-electron chi connectivity index (χ2n) is 10.1. The van der Waals surface area contributed by atoms with Gasteiger partial charge in [-0.25, -0.2) is 4.79 Å². The number of rotatable bonds is 2. The second kappa shape index (κ2) is 7.50. The SMILES string of the molecule is CC(C)(C)OC(=O)N1CCC2(Cc3cccnc3C2)C(N[S@+]([O-])C(C)(C)C)C1. The number of aromatic nitrogens is 1. The summed E-state index contributed by atoms with van der Waals surface area (Å²) in [5.41, 5.74) is 1.79. The highest BCUT2D eigenvalue weighted by Crippen LogP contribution is 2.44. The van der Waals surface area contributed by atoms with Crippen LogP contribution in [0.2, 0.25) is 0 Å². The van der Waals surface area contributed by atoms with Gasteiger partial charge >= 0.3 is 6.09 Å². The van der Waals surface area contributed by atoms with Gasteiger partial charge in [0.25, 0.3) is 0 Å². The van der Waals surface area contributed by atoms with Crippen molar-refractivity contribution in [2.75, 3.05) is 13.1 Å². The first-order valence-electron chi connectivity index (χ1n) is 9.98. The maximum Gasteiger partial charge on any atom is 0.410 e. The summed E-state index contributed by atoms with van der Waals surface area (Å²) in [6, 6.07) is 4.03. The lowest BCUT2D eigenvalue weighted by atomic mass is 9.72. The molecule has 0 radical (unpaired) electrons. The van der Waals surface area contributed by atoms with E-state index < -0.39 is 17.0 Å². The summed E-state index contributed by atoms with van der Waals surface area (Å²) in [5.74, 6) is 0. The van der Waals surface area contributed by atoms with Gasteiger partial charge in [-0.3, -0.25) is 4.98 Å². The Labute approximate surface area is 171 Å². The van der Waals surface area contributed by atoms with Crippen LogP contribution in [0, 0.1) is 5.41 Å². The fourth-order valence-electron chi connectivity index (χ4n) is 3.99. The maximum absolute atomic E-state index is 12.9. The number of ether oxygens (including phenoxy) is 1. The fourth-order valence-corrected chi connectivity index (χ4v) is 4.92. The van der Waals surface area contributed by atoms with Gasteiger partial charge in [0, 0.05) is 41.8 Å². The zero-order valence-corrected chi connectivity index (χ0v) is 18.7. The molecule has 0 saturated carbocycles. The predicted octanol–water partition coefficient (Wildman–Crippen LogP) is 3.23. The topological polar surface area (TPSA) is 77.5 Å². The molecule has 1 amide bonds. The van der Waals surface area contributed by atoms with Crippen LogP contribution < -0.4 is 4.72 Å². The van der Waals surface area contributed by atoms with E-state index in [2.05, 4.69) is 15.8 Å². The van der Waals surface area contributed by atoms with Crippen LogP contribution in [-0.4, -0.2) is 50.0 Å². The van der Waals surface area contributed by atoms with E-state index in [1.165, 1.54) is 5.56 Å². The Morgan fingerprint density at radius 3 is 2.64 bits per heavy atom. The largest absolute Gasteiger partial charge is 0.598 e. The molecule has 1 spiro atoms. The summed E-state index contributed by atoms with van der Waals surface area (Å²) in [6.07, 6.45) is 4.12. The van der Waals surface area contributed by atoms with E-state index in [0.717, 1.165) is 25.0 Å². The second-order valence-corrected chi connectivity index (χ2v) is 12.1. The van der Waals surface area contributed by atoms with Gasteiger partial charge in [0.05, 0.1) is 6.04 Å². The summed E-state index contributed by atoms with van der Waals surface area (Å²) in [4.78, 5) is 19.0. The highest BCUT2D eigenvalue weighted by atomic mass is 32.2. The molecule has 1 N–H and O–H groups in total. The Morgan fingerprint density at radius 2 is 2.04 bits per heavy atom. The summed E-state index contributed by atoms with van der Waals surface area (Å²) in [5, 5.41) is 0. The minimum Gasteiger partial charge on any atom is -0.598 e. The Balaban J connectivity index is 1.82. The lowest BCUT2D eigenvalue weighted by Crippen LogP contribution is -2.62. The normalized spacial score (nSPS) is 26.2. The third-order valence-electron chi connectivity index (χ3n) is 5.53. The number of piperidine rings is 1. The van der Waals surface area contributed by atoms with Crippen LogP contribution in [0.25, 0.3) is 0 Å². The molecule has 3 rings (SSSR count). The highest BCUT2D eigenvalue weighted by Gasteiger charge is 2.51. The van der Waals surface area contributed by atoms with Crippen LogP contribution in [0.15, 0.2) is 18.3 Å². The molecule has 2 heterocycles. The molecule has 1 aromatic heterocycles. The summed E-state index contributed by atoms with van der Waals surface area (Å²) in [6.45, 7) is 12.6. The van der Waals surface area contributed by atoms with E-state index in [1.807, 2.05) is 53.8 Å². The number of amides is 1. The maximum atomic E-state index is 12.9. The Hall–Kier alpha value is -1.31. The van der Waals surface area contributed by atoms with E-state index >= 15 is 0 Å². The van der Waals surface area contributed by atoms with Crippen molar-refractivity contribution >= 4 is 17.5 Å². The molecule has 6 nitrogen and oxygen atoms in total. The van der Waals surface area contributed by atoms with Crippen molar-refractivity contribution in [2.24, 2.45) is 5.41 Å². The summed E-state index contributed by atoms with van der Waals surface area (Å²) in [7, 11) is 0. The average Bonchev–Trinajstić information content (AvgIpc) is 2.93. The molecular formula is C21H33N3O3S. The molecule has 2 unspecified atom stereocenters. The van der Waals surface area contributed by atoms with Gasteiger partial charge in [0.15, 0.2) is 0 Å². The predicted molar refractivity (Wildman–Crippen MR) is 111 cm³/mol. The lowest BCUT2D eigenvalue weighted by molar-refractivity contribution is 0.00416.